The van der Waals surface area contributed by atoms with Crippen LogP contribution < -0.4 is 10.9 Å². The molecule has 1 amide bonds. The highest BCUT2D eigenvalue weighted by Gasteiger charge is 2.12. The second-order valence-corrected chi connectivity index (χ2v) is 4.94. The molecule has 21 heavy (non-hydrogen) atoms. The number of aromatic nitrogens is 2. The lowest BCUT2D eigenvalue weighted by atomic mass is 9.94. The number of amides is 1. The maximum absolute atomic E-state index is 11.8. The minimum Gasteiger partial charge on any atom is -0.481 e. The van der Waals surface area contributed by atoms with Gasteiger partial charge in [-0.25, -0.2) is 5.10 Å². The van der Waals surface area contributed by atoms with Gasteiger partial charge in [-0.15, -0.1) is 0 Å². The van der Waals surface area contributed by atoms with Crippen molar-refractivity contribution >= 4 is 11.9 Å². The molecule has 0 aromatic carbocycles. The van der Waals surface area contributed by atoms with Crippen molar-refractivity contribution in [1.82, 2.24) is 15.5 Å². The molecule has 0 bridgehead atoms. The predicted molar refractivity (Wildman–Crippen MR) is 77.1 cm³/mol. The number of aromatic amines is 1. The molecule has 0 aliphatic rings. The molecular formula is C14H21N3O4. The second kappa shape index (κ2) is 8.89. The Morgan fingerprint density at radius 1 is 1.33 bits per heavy atom. The molecule has 1 aromatic rings. The molecule has 3 N–H and O–H groups in total. The van der Waals surface area contributed by atoms with Crippen LogP contribution in [-0.2, 0) is 4.79 Å². The Morgan fingerprint density at radius 3 is 2.67 bits per heavy atom. The van der Waals surface area contributed by atoms with Gasteiger partial charge >= 0.3 is 5.97 Å². The predicted octanol–water partition coefficient (Wildman–Crippen LogP) is 1.17. The number of H-pyrrole nitrogens is 1. The van der Waals surface area contributed by atoms with Gasteiger partial charge in [0.05, 0.1) is 0 Å². The van der Waals surface area contributed by atoms with Gasteiger partial charge in [0.2, 0.25) is 0 Å². The Morgan fingerprint density at radius 2 is 2.10 bits per heavy atom. The van der Waals surface area contributed by atoms with E-state index in [2.05, 4.69) is 22.4 Å². The molecule has 7 nitrogen and oxygen atoms in total. The SMILES string of the molecule is CCCC(CCNC(=O)c1ccc(=O)[nH]n1)CCC(=O)O. The second-order valence-electron chi connectivity index (χ2n) is 4.94. The largest absolute Gasteiger partial charge is 0.481 e. The summed E-state index contributed by atoms with van der Waals surface area (Å²) in [7, 11) is 0. The minimum atomic E-state index is -0.794. The first-order valence-corrected chi connectivity index (χ1v) is 7.08. The first kappa shape index (κ1) is 16.9. The van der Waals surface area contributed by atoms with Crippen molar-refractivity contribution in [3.63, 3.8) is 0 Å². The first-order valence-electron chi connectivity index (χ1n) is 7.08. The van der Waals surface area contributed by atoms with Crippen molar-refractivity contribution in [2.75, 3.05) is 6.54 Å². The molecule has 0 saturated heterocycles. The summed E-state index contributed by atoms with van der Waals surface area (Å²) in [4.78, 5) is 33.2. The quantitative estimate of drug-likeness (QED) is 0.633. The van der Waals surface area contributed by atoms with Gasteiger partial charge in [-0.3, -0.25) is 14.4 Å². The number of rotatable bonds is 9. The van der Waals surface area contributed by atoms with Gasteiger partial charge in [-0.2, -0.15) is 5.10 Å². The van der Waals surface area contributed by atoms with E-state index in [0.717, 1.165) is 19.3 Å². The van der Waals surface area contributed by atoms with Crippen LogP contribution in [0.25, 0.3) is 0 Å². The lowest BCUT2D eigenvalue weighted by Crippen LogP contribution is -2.28. The number of carbonyl (C=O) groups is 2. The molecule has 1 heterocycles. The average molecular weight is 295 g/mol. The third kappa shape index (κ3) is 6.69. The normalized spacial score (nSPS) is 11.9. The molecule has 116 valence electrons. The molecule has 1 aromatic heterocycles. The van der Waals surface area contributed by atoms with E-state index in [1.807, 2.05) is 0 Å². The highest BCUT2D eigenvalue weighted by molar-refractivity contribution is 5.91. The first-order chi connectivity index (χ1) is 10.0. The third-order valence-electron chi connectivity index (χ3n) is 3.21. The number of nitrogens with zero attached hydrogens (tertiary/aromatic N) is 1. The summed E-state index contributed by atoms with van der Waals surface area (Å²) in [5.74, 6) is -0.854. The van der Waals surface area contributed by atoms with Crippen LogP contribution in [0, 0.1) is 5.92 Å². The van der Waals surface area contributed by atoms with E-state index in [9.17, 15) is 14.4 Å². The van der Waals surface area contributed by atoms with E-state index in [1.165, 1.54) is 12.1 Å². The summed E-state index contributed by atoms with van der Waals surface area (Å²) in [6.07, 6.45) is 3.44. The summed E-state index contributed by atoms with van der Waals surface area (Å²) in [5, 5.41) is 17.3. The van der Waals surface area contributed by atoms with Crippen LogP contribution in [0.5, 0.6) is 0 Å². The van der Waals surface area contributed by atoms with Crippen molar-refractivity contribution in [3.8, 4) is 0 Å². The van der Waals surface area contributed by atoms with Crippen molar-refractivity contribution < 1.29 is 14.7 Å². The topological polar surface area (TPSA) is 112 Å². The molecule has 0 spiro atoms. The van der Waals surface area contributed by atoms with E-state index in [0.29, 0.717) is 13.0 Å². The maximum atomic E-state index is 11.8. The van der Waals surface area contributed by atoms with Crippen molar-refractivity contribution in [1.29, 1.82) is 0 Å². The number of carboxylic acid groups (broad SMARTS) is 1. The van der Waals surface area contributed by atoms with E-state index >= 15 is 0 Å². The zero-order valence-corrected chi connectivity index (χ0v) is 12.1. The summed E-state index contributed by atoms with van der Waals surface area (Å²) in [6, 6.07) is 2.61. The average Bonchev–Trinajstić information content (AvgIpc) is 2.45. The number of aliphatic carboxylic acids is 1. The van der Waals surface area contributed by atoms with Crippen LogP contribution in [0.2, 0.25) is 0 Å². The Balaban J connectivity index is 2.38. The van der Waals surface area contributed by atoms with Crippen LogP contribution in [0.1, 0.15) is 49.5 Å². The molecule has 0 aliphatic carbocycles. The summed E-state index contributed by atoms with van der Waals surface area (Å²) in [5.41, 5.74) is -0.199. The van der Waals surface area contributed by atoms with Gasteiger partial charge in [0.25, 0.3) is 11.5 Å². The van der Waals surface area contributed by atoms with Crippen LogP contribution in [0.15, 0.2) is 16.9 Å². The van der Waals surface area contributed by atoms with Crippen LogP contribution in [0.4, 0.5) is 0 Å². The standard InChI is InChI=1S/C14H21N3O4/c1-2-3-10(4-7-13(19)20)8-9-15-14(21)11-5-6-12(18)17-16-11/h5-6,10H,2-4,7-9H2,1H3,(H,15,21)(H,17,18)(H,19,20). The number of hydrogen-bond donors (Lipinski definition) is 3. The van der Waals surface area contributed by atoms with Gasteiger partial charge in [-0.1, -0.05) is 19.8 Å². The van der Waals surface area contributed by atoms with Gasteiger partial charge in [0.15, 0.2) is 0 Å². The van der Waals surface area contributed by atoms with Gasteiger partial charge in [0, 0.05) is 19.0 Å². The number of carboxylic acids is 1. The van der Waals surface area contributed by atoms with E-state index < -0.39 is 5.97 Å². The molecule has 7 heteroatoms. The van der Waals surface area contributed by atoms with E-state index in [4.69, 9.17) is 5.11 Å². The maximum Gasteiger partial charge on any atom is 0.303 e. The Kier molecular flexibility index (Phi) is 7.14. The Hall–Kier alpha value is -2.18. The molecule has 0 radical (unpaired) electrons. The summed E-state index contributed by atoms with van der Waals surface area (Å²) >= 11 is 0. The summed E-state index contributed by atoms with van der Waals surface area (Å²) < 4.78 is 0. The van der Waals surface area contributed by atoms with Gasteiger partial charge < -0.3 is 10.4 Å². The fraction of sp³-hybridized carbons (Fsp3) is 0.571. The molecular weight excluding hydrogens is 274 g/mol. The van der Waals surface area contributed by atoms with Crippen LogP contribution in [0.3, 0.4) is 0 Å². The molecule has 1 unspecified atom stereocenters. The fourth-order valence-corrected chi connectivity index (χ4v) is 2.12. The van der Waals surface area contributed by atoms with Crippen LogP contribution >= 0.6 is 0 Å². The lowest BCUT2D eigenvalue weighted by Gasteiger charge is -2.15. The molecule has 0 aliphatic heterocycles. The zero-order valence-electron chi connectivity index (χ0n) is 12.1. The van der Waals surface area contributed by atoms with Crippen molar-refractivity contribution in [3.05, 3.63) is 28.2 Å². The van der Waals surface area contributed by atoms with E-state index in [-0.39, 0.29) is 29.5 Å². The third-order valence-corrected chi connectivity index (χ3v) is 3.21. The molecule has 0 fully saturated rings. The Bertz CT molecular complexity index is 507. The monoisotopic (exact) mass is 295 g/mol. The minimum absolute atomic E-state index is 0.153. The van der Waals surface area contributed by atoms with E-state index in [1.54, 1.807) is 0 Å². The molecule has 1 atom stereocenters. The number of hydrogen-bond acceptors (Lipinski definition) is 4. The van der Waals surface area contributed by atoms with Gasteiger partial charge in [0.1, 0.15) is 5.69 Å². The smallest absolute Gasteiger partial charge is 0.303 e. The lowest BCUT2D eigenvalue weighted by molar-refractivity contribution is -0.137. The zero-order chi connectivity index (χ0) is 15.7. The van der Waals surface area contributed by atoms with Gasteiger partial charge in [-0.05, 0) is 24.8 Å². The number of nitrogens with one attached hydrogen (secondary N) is 2. The Labute approximate surface area is 122 Å². The molecule has 1 rings (SSSR count). The molecule has 0 saturated carbocycles. The van der Waals surface area contributed by atoms with Crippen LogP contribution in [-0.4, -0.2) is 33.7 Å². The fourth-order valence-electron chi connectivity index (χ4n) is 2.12. The number of carbonyl (C=O) groups excluding carboxylic acids is 1. The summed E-state index contributed by atoms with van der Waals surface area (Å²) in [6.45, 7) is 2.51. The highest BCUT2D eigenvalue weighted by atomic mass is 16.4. The van der Waals surface area contributed by atoms with Crippen molar-refractivity contribution in [2.45, 2.75) is 39.0 Å². The van der Waals surface area contributed by atoms with Crippen molar-refractivity contribution in [2.24, 2.45) is 5.92 Å². The highest BCUT2D eigenvalue weighted by Crippen LogP contribution is 2.17.